The second kappa shape index (κ2) is 7.13. The third-order valence-electron chi connectivity index (χ3n) is 2.03. The van der Waals surface area contributed by atoms with Crippen molar-refractivity contribution in [2.75, 3.05) is 18.1 Å². The highest BCUT2D eigenvalue weighted by molar-refractivity contribution is 7.98. The lowest BCUT2D eigenvalue weighted by atomic mass is 10.3. The molecule has 1 aromatic carbocycles. The minimum atomic E-state index is -0.956. The smallest absolute Gasteiger partial charge is 0.319 e. The molecule has 3 N–H and O–H groups in total. The zero-order chi connectivity index (χ0) is 13.5. The summed E-state index contributed by atoms with van der Waals surface area (Å²) in [6, 6.07) is 4.72. The number of carbonyl (C=O) groups is 2. The zero-order valence-electron chi connectivity index (χ0n) is 9.70. The third-order valence-corrected chi connectivity index (χ3v) is 3.25. The first-order valence-electron chi connectivity index (χ1n) is 5.13. The number of aliphatic carboxylic acids is 1. The summed E-state index contributed by atoms with van der Waals surface area (Å²) < 4.78 is 0. The standard InChI is InChI=1S/C11H13ClN2O3S/c1-18-9-3-2-7(6-8(9)12)14-11(17)13-5-4-10(15)16/h2-3,6H,4-5H2,1H3,(H,15,16)(H2,13,14,17). The molecule has 7 heteroatoms. The number of anilines is 1. The van der Waals surface area contributed by atoms with Crippen molar-refractivity contribution < 1.29 is 14.7 Å². The lowest BCUT2D eigenvalue weighted by molar-refractivity contribution is -0.136. The third kappa shape index (κ3) is 4.85. The number of hydrogen-bond acceptors (Lipinski definition) is 3. The molecular formula is C11H13ClN2O3S. The molecule has 0 fully saturated rings. The number of hydrogen-bond donors (Lipinski definition) is 3. The summed E-state index contributed by atoms with van der Waals surface area (Å²) in [6.07, 6.45) is 1.80. The second-order valence-corrected chi connectivity index (χ2v) is 4.63. The summed E-state index contributed by atoms with van der Waals surface area (Å²) in [4.78, 5) is 22.6. The Morgan fingerprint density at radius 1 is 1.44 bits per heavy atom. The molecule has 2 amide bonds. The lowest BCUT2D eigenvalue weighted by Crippen LogP contribution is -2.30. The largest absolute Gasteiger partial charge is 0.481 e. The lowest BCUT2D eigenvalue weighted by Gasteiger charge is -2.08. The summed E-state index contributed by atoms with van der Waals surface area (Å²) >= 11 is 7.50. The molecule has 0 saturated carbocycles. The van der Waals surface area contributed by atoms with Crippen molar-refractivity contribution in [1.29, 1.82) is 0 Å². The average molecular weight is 289 g/mol. The molecule has 0 radical (unpaired) electrons. The highest BCUT2D eigenvalue weighted by Gasteiger charge is 2.05. The summed E-state index contributed by atoms with van der Waals surface area (Å²) in [5, 5.41) is 14.0. The SMILES string of the molecule is CSc1ccc(NC(=O)NCCC(=O)O)cc1Cl. The predicted octanol–water partition coefficient (Wildman–Crippen LogP) is 2.66. The van der Waals surface area contributed by atoms with Crippen LogP contribution in [0.1, 0.15) is 6.42 Å². The monoisotopic (exact) mass is 288 g/mol. The van der Waals surface area contributed by atoms with Crippen molar-refractivity contribution >= 4 is 41.1 Å². The van der Waals surface area contributed by atoms with E-state index in [-0.39, 0.29) is 13.0 Å². The molecular weight excluding hydrogens is 276 g/mol. The number of carboxylic acids is 1. The van der Waals surface area contributed by atoms with E-state index in [0.717, 1.165) is 4.90 Å². The fourth-order valence-corrected chi connectivity index (χ4v) is 2.07. The van der Waals surface area contributed by atoms with Gasteiger partial charge in [0, 0.05) is 17.1 Å². The summed E-state index contributed by atoms with van der Waals surface area (Å²) in [5.41, 5.74) is 0.561. The average Bonchev–Trinajstić information content (AvgIpc) is 2.28. The van der Waals surface area contributed by atoms with Crippen LogP contribution in [0.15, 0.2) is 23.1 Å². The highest BCUT2D eigenvalue weighted by Crippen LogP contribution is 2.27. The van der Waals surface area contributed by atoms with Crippen molar-refractivity contribution in [2.45, 2.75) is 11.3 Å². The van der Waals surface area contributed by atoms with Crippen LogP contribution in [0.4, 0.5) is 10.5 Å². The van der Waals surface area contributed by atoms with E-state index in [1.807, 2.05) is 6.26 Å². The molecule has 0 aliphatic carbocycles. The molecule has 0 bridgehead atoms. The highest BCUT2D eigenvalue weighted by atomic mass is 35.5. The van der Waals surface area contributed by atoms with E-state index >= 15 is 0 Å². The van der Waals surface area contributed by atoms with E-state index in [9.17, 15) is 9.59 Å². The van der Waals surface area contributed by atoms with Crippen LogP contribution in [0.25, 0.3) is 0 Å². The first-order valence-corrected chi connectivity index (χ1v) is 6.73. The zero-order valence-corrected chi connectivity index (χ0v) is 11.3. The van der Waals surface area contributed by atoms with E-state index in [4.69, 9.17) is 16.7 Å². The van der Waals surface area contributed by atoms with Gasteiger partial charge in [0.05, 0.1) is 11.4 Å². The van der Waals surface area contributed by atoms with Gasteiger partial charge in [0.2, 0.25) is 0 Å². The van der Waals surface area contributed by atoms with E-state index in [0.29, 0.717) is 10.7 Å². The molecule has 18 heavy (non-hydrogen) atoms. The Morgan fingerprint density at radius 2 is 2.17 bits per heavy atom. The molecule has 0 saturated heterocycles. The fraction of sp³-hybridized carbons (Fsp3) is 0.273. The summed E-state index contributed by atoms with van der Waals surface area (Å²) in [7, 11) is 0. The topological polar surface area (TPSA) is 78.4 Å². The molecule has 1 aromatic rings. The maximum Gasteiger partial charge on any atom is 0.319 e. The van der Waals surface area contributed by atoms with Crippen LogP contribution in [-0.4, -0.2) is 29.9 Å². The van der Waals surface area contributed by atoms with E-state index in [1.165, 1.54) is 11.8 Å². The van der Waals surface area contributed by atoms with Gasteiger partial charge in [-0.3, -0.25) is 4.79 Å². The summed E-state index contributed by atoms with van der Waals surface area (Å²) in [5.74, 6) is -0.956. The Morgan fingerprint density at radius 3 is 2.72 bits per heavy atom. The molecule has 0 aromatic heterocycles. The maximum atomic E-state index is 11.4. The van der Waals surface area contributed by atoms with Crippen LogP contribution in [0, 0.1) is 0 Å². The maximum absolute atomic E-state index is 11.4. The Labute approximate surface area is 114 Å². The second-order valence-electron chi connectivity index (χ2n) is 3.37. The quantitative estimate of drug-likeness (QED) is 0.728. The van der Waals surface area contributed by atoms with Crippen LogP contribution >= 0.6 is 23.4 Å². The molecule has 0 unspecified atom stereocenters. The Bertz CT molecular complexity index is 454. The van der Waals surface area contributed by atoms with Gasteiger partial charge >= 0.3 is 12.0 Å². The number of urea groups is 1. The van der Waals surface area contributed by atoms with Gasteiger partial charge in [-0.25, -0.2) is 4.79 Å². The van der Waals surface area contributed by atoms with Gasteiger partial charge in [-0.2, -0.15) is 0 Å². The van der Waals surface area contributed by atoms with E-state index in [1.54, 1.807) is 18.2 Å². The molecule has 0 aliphatic heterocycles. The van der Waals surface area contributed by atoms with Crippen LogP contribution in [0.3, 0.4) is 0 Å². The van der Waals surface area contributed by atoms with Crippen molar-refractivity contribution in [3.8, 4) is 0 Å². The first kappa shape index (κ1) is 14.7. The van der Waals surface area contributed by atoms with Crippen molar-refractivity contribution in [3.05, 3.63) is 23.2 Å². The number of thioether (sulfide) groups is 1. The number of benzene rings is 1. The minimum Gasteiger partial charge on any atom is -0.481 e. The number of halogens is 1. The van der Waals surface area contributed by atoms with Gasteiger partial charge in [-0.05, 0) is 24.5 Å². The molecule has 0 spiro atoms. The molecule has 5 nitrogen and oxygen atoms in total. The number of carbonyl (C=O) groups excluding carboxylic acids is 1. The van der Waals surface area contributed by atoms with Gasteiger partial charge in [0.15, 0.2) is 0 Å². The molecule has 0 heterocycles. The molecule has 1 rings (SSSR count). The van der Waals surface area contributed by atoms with Gasteiger partial charge in [-0.1, -0.05) is 11.6 Å². The normalized spacial score (nSPS) is 9.89. The molecule has 0 aliphatic rings. The number of amides is 2. The molecule has 0 atom stereocenters. The summed E-state index contributed by atoms with van der Waals surface area (Å²) in [6.45, 7) is 0.0811. The van der Waals surface area contributed by atoms with Gasteiger partial charge < -0.3 is 15.7 Å². The van der Waals surface area contributed by atoms with Crippen molar-refractivity contribution in [2.24, 2.45) is 0 Å². The number of carboxylic acid groups (broad SMARTS) is 1. The van der Waals surface area contributed by atoms with Crippen LogP contribution in [0.5, 0.6) is 0 Å². The van der Waals surface area contributed by atoms with E-state index in [2.05, 4.69) is 10.6 Å². The van der Waals surface area contributed by atoms with E-state index < -0.39 is 12.0 Å². The minimum absolute atomic E-state index is 0.0811. The Hall–Kier alpha value is -1.40. The Balaban J connectivity index is 2.49. The Kier molecular flexibility index (Phi) is 5.80. The number of nitrogens with one attached hydrogen (secondary N) is 2. The van der Waals surface area contributed by atoms with Crippen LogP contribution in [-0.2, 0) is 4.79 Å². The number of rotatable bonds is 5. The fourth-order valence-electron chi connectivity index (χ4n) is 1.20. The van der Waals surface area contributed by atoms with Crippen LogP contribution < -0.4 is 10.6 Å². The predicted molar refractivity (Wildman–Crippen MR) is 72.5 cm³/mol. The van der Waals surface area contributed by atoms with Crippen LogP contribution in [0.2, 0.25) is 5.02 Å². The van der Waals surface area contributed by atoms with Gasteiger partial charge in [-0.15, -0.1) is 11.8 Å². The molecule has 98 valence electrons. The first-order chi connectivity index (χ1) is 8.52. The van der Waals surface area contributed by atoms with Gasteiger partial charge in [0.25, 0.3) is 0 Å². The van der Waals surface area contributed by atoms with Gasteiger partial charge in [0.1, 0.15) is 0 Å². The van der Waals surface area contributed by atoms with Crippen molar-refractivity contribution in [1.82, 2.24) is 5.32 Å². The van der Waals surface area contributed by atoms with Crippen molar-refractivity contribution in [3.63, 3.8) is 0 Å².